The van der Waals surface area contributed by atoms with Crippen LogP contribution >= 0.6 is 0 Å². The predicted molar refractivity (Wildman–Crippen MR) is 360 cm³/mol. The molecule has 440 valence electrons. The number of aromatic nitrogens is 5. The first-order valence-electron chi connectivity index (χ1n) is 32.7. The fourth-order valence-electron chi connectivity index (χ4n) is 11.3. The number of rotatable bonds is 5. The van der Waals surface area contributed by atoms with Gasteiger partial charge in [0.15, 0.2) is 28.5 Å². The second-order valence-electron chi connectivity index (χ2n) is 23.9. The second-order valence-corrected chi connectivity index (χ2v) is 23.9. The highest BCUT2D eigenvalue weighted by Crippen LogP contribution is 2.29. The largest absolute Gasteiger partial charge is 0.215 e. The minimum absolute atomic E-state index is 0.394. The summed E-state index contributed by atoms with van der Waals surface area (Å²) in [6.45, 7) is 34.0. The number of hydrogen-bond donors (Lipinski definition) is 0. The van der Waals surface area contributed by atoms with Crippen LogP contribution in [0.15, 0.2) is 152 Å². The van der Waals surface area contributed by atoms with Gasteiger partial charge in [0.05, 0.1) is 5.56 Å². The molecule has 0 fully saturated rings. The van der Waals surface area contributed by atoms with Crippen molar-refractivity contribution in [3.8, 4) is 56.3 Å². The Balaban J connectivity index is 0.000000181. The number of aryl methyl sites for hydroxylation is 18. The number of benzene rings is 5. The van der Waals surface area contributed by atoms with Gasteiger partial charge in [-0.25, -0.2) is 0 Å². The maximum Gasteiger partial charge on any atom is 0.215 e. The highest BCUT2D eigenvalue weighted by atomic mass is 15.0. The first-order chi connectivity index (χ1) is 42.4. The van der Waals surface area contributed by atoms with Gasteiger partial charge in [-0.3, -0.25) is 0 Å². The van der Waals surface area contributed by atoms with E-state index >= 15 is 0 Å². The van der Waals surface area contributed by atoms with Crippen LogP contribution in [0.5, 0.6) is 0 Å². The molecule has 5 nitrogen and oxygen atoms in total. The zero-order valence-corrected chi connectivity index (χ0v) is 55.7. The maximum atomic E-state index is 7.64. The van der Waals surface area contributed by atoms with Crippen LogP contribution in [-0.2, 0) is 35.2 Å². The van der Waals surface area contributed by atoms with Crippen LogP contribution < -0.4 is 22.8 Å². The van der Waals surface area contributed by atoms with Crippen molar-refractivity contribution < 1.29 is 31.1 Å². The van der Waals surface area contributed by atoms with E-state index in [0.29, 0.717) is 11.1 Å². The van der Waals surface area contributed by atoms with Crippen LogP contribution in [0.4, 0.5) is 0 Å². The molecule has 0 atom stereocenters. The van der Waals surface area contributed by atoms with Crippen molar-refractivity contribution >= 4 is 0 Å². The van der Waals surface area contributed by atoms with Crippen LogP contribution in [-0.4, -0.2) is 0 Å². The second kappa shape index (κ2) is 28.6. The summed E-state index contributed by atoms with van der Waals surface area (Å²) >= 11 is 0. The van der Waals surface area contributed by atoms with Gasteiger partial charge in [-0.15, -0.1) is 0 Å². The molecule has 85 heavy (non-hydrogen) atoms. The average Bonchev–Trinajstić information content (AvgIpc) is 1.01. The molecule has 0 spiro atoms. The molecule has 0 saturated carbocycles. The Kier molecular flexibility index (Phi) is 19.3. The van der Waals surface area contributed by atoms with E-state index in [0.717, 1.165) is 39.3 Å². The molecule has 0 aliphatic rings. The molecule has 0 bridgehead atoms. The van der Waals surface area contributed by atoms with Crippen LogP contribution in [0.25, 0.3) is 56.3 Å². The lowest BCUT2D eigenvalue weighted by molar-refractivity contribution is -0.667. The first-order valence-corrected chi connectivity index (χ1v) is 29.7. The van der Waals surface area contributed by atoms with Gasteiger partial charge < -0.3 is 0 Å². The molecular weight excluding hydrogens is 1030 g/mol. The van der Waals surface area contributed by atoms with E-state index in [1.54, 1.807) is 18.2 Å². The quantitative estimate of drug-likeness (QED) is 0.153. The van der Waals surface area contributed by atoms with E-state index in [-0.39, 0.29) is 0 Å². The van der Waals surface area contributed by atoms with Gasteiger partial charge in [0, 0.05) is 125 Å². The third-order valence-corrected chi connectivity index (χ3v) is 16.9. The first kappa shape index (κ1) is 57.3. The molecule has 0 saturated heterocycles. The Labute approximate surface area is 522 Å². The summed E-state index contributed by atoms with van der Waals surface area (Å²) in [4.78, 5) is 0. The molecule has 10 aromatic rings. The van der Waals surface area contributed by atoms with E-state index in [2.05, 4.69) is 270 Å². The number of pyridine rings is 5. The summed E-state index contributed by atoms with van der Waals surface area (Å²) in [5, 5.41) is 0. The lowest BCUT2D eigenvalue weighted by Crippen LogP contribution is -2.35. The highest BCUT2D eigenvalue weighted by molar-refractivity contribution is 5.69. The molecule has 5 heteroatoms. The van der Waals surface area contributed by atoms with Crippen molar-refractivity contribution in [3.63, 3.8) is 0 Å². The Morgan fingerprint density at radius 3 is 1.00 bits per heavy atom. The predicted octanol–water partition coefficient (Wildman–Crippen LogP) is 17.1. The third kappa shape index (κ3) is 16.0. The fourth-order valence-corrected chi connectivity index (χ4v) is 11.3. The SMILES string of the molecule is Cc1cc(C)[n+](C)c(-c2cccc(C)c2C)c1.Cc1ccc(-c2cc(C)cc(C)[n+]2C)c(C)c1.Cc1cccc(C)c1-c1c(C)ccc(C)[n+]1C.[2H]C([2H])([2H])c1ccc(-c2cc(C)cc(C)[n+]2C)c(C)c1.[2H]C([2H])([2H])c1cccc(-c2cc(C)cc(C)[n+]2C)c1C. The monoisotopic (exact) mass is 1140 g/mol. The minimum Gasteiger partial charge on any atom is -0.199 e. The molecule has 0 N–H and O–H groups in total. The van der Waals surface area contributed by atoms with Crippen LogP contribution in [0.1, 0.15) is 120 Å². The minimum atomic E-state index is -2.07. The van der Waals surface area contributed by atoms with Gasteiger partial charge in [0.25, 0.3) is 0 Å². The molecule has 5 aromatic heterocycles. The molecule has 0 aliphatic heterocycles. The smallest absolute Gasteiger partial charge is 0.199 e. The van der Waals surface area contributed by atoms with E-state index in [1.165, 1.54) is 118 Å². The number of hydrogen-bond acceptors (Lipinski definition) is 0. The standard InChI is InChI=1S/5C16H20N/c2*1-11-6-7-15(13(3)8-11)16-10-12(2)9-14(4)17(16)5;2*1-11-9-13(3)17(5)16(10-11)15-8-6-7-12(2)14(15)4;1-11-7-6-8-12(2)15(11)16-13(3)9-10-14(4)17(16)5/h5*6-10H,1-5H3/q5*+1/i1D3;;2D3;;. The van der Waals surface area contributed by atoms with Crippen LogP contribution in [0.3, 0.4) is 0 Å². The van der Waals surface area contributed by atoms with E-state index in [4.69, 9.17) is 8.22 Å². The van der Waals surface area contributed by atoms with Crippen molar-refractivity contribution in [1.29, 1.82) is 0 Å². The van der Waals surface area contributed by atoms with E-state index in [1.807, 2.05) is 46.1 Å². The fraction of sp³-hybridized carbons (Fsp3) is 0.312. The molecule has 0 amide bonds. The van der Waals surface area contributed by atoms with Crippen LogP contribution in [0, 0.1) is 138 Å². The molecule has 0 aliphatic carbocycles. The summed E-state index contributed by atoms with van der Waals surface area (Å²) in [5.41, 5.74) is 35.4. The Morgan fingerprint density at radius 1 is 0.247 bits per heavy atom. The van der Waals surface area contributed by atoms with Gasteiger partial charge in [-0.05, 0) is 201 Å². The Hall–Kier alpha value is -8.15. The zero-order chi connectivity index (χ0) is 67.9. The van der Waals surface area contributed by atoms with E-state index in [9.17, 15) is 0 Å². The third-order valence-electron chi connectivity index (χ3n) is 16.9. The van der Waals surface area contributed by atoms with Gasteiger partial charge in [-0.1, -0.05) is 77.9 Å². The summed E-state index contributed by atoms with van der Waals surface area (Å²) in [6.07, 6.45) is 0. The van der Waals surface area contributed by atoms with Gasteiger partial charge in [0.1, 0.15) is 35.2 Å². The molecule has 10 rings (SSSR count). The molecular formula is C80H100N5+5. The molecule has 5 aromatic carbocycles. The van der Waals surface area contributed by atoms with Gasteiger partial charge in [0.2, 0.25) is 28.5 Å². The Bertz CT molecular complexity index is 4280. The van der Waals surface area contributed by atoms with E-state index < -0.39 is 13.7 Å². The van der Waals surface area contributed by atoms with Crippen molar-refractivity contribution in [2.75, 3.05) is 0 Å². The van der Waals surface area contributed by atoms with Crippen LogP contribution in [0.2, 0.25) is 0 Å². The zero-order valence-electron chi connectivity index (χ0n) is 61.7. The van der Waals surface area contributed by atoms with Crippen molar-refractivity contribution in [3.05, 3.63) is 264 Å². The molecule has 0 radical (unpaired) electrons. The van der Waals surface area contributed by atoms with Gasteiger partial charge >= 0.3 is 0 Å². The maximum absolute atomic E-state index is 7.64. The van der Waals surface area contributed by atoms with Crippen molar-refractivity contribution in [2.24, 2.45) is 35.2 Å². The molecule has 5 heterocycles. The molecule has 0 unspecified atom stereocenters. The highest BCUT2D eigenvalue weighted by Gasteiger charge is 2.21. The van der Waals surface area contributed by atoms with Crippen molar-refractivity contribution in [1.82, 2.24) is 0 Å². The normalized spacial score (nSPS) is 12.0. The van der Waals surface area contributed by atoms with Crippen molar-refractivity contribution in [2.45, 2.75) is 138 Å². The summed E-state index contributed by atoms with van der Waals surface area (Å²) in [5.74, 6) is 0. The number of nitrogens with zero attached hydrogens (tertiary/aromatic N) is 5. The van der Waals surface area contributed by atoms with Gasteiger partial charge in [-0.2, -0.15) is 22.8 Å². The lowest BCUT2D eigenvalue weighted by atomic mass is 9.96. The summed E-state index contributed by atoms with van der Waals surface area (Å²) in [7, 11) is 10.4. The lowest BCUT2D eigenvalue weighted by Gasteiger charge is -2.11. The Morgan fingerprint density at radius 2 is 0.600 bits per heavy atom. The summed E-state index contributed by atoms with van der Waals surface area (Å²) < 4.78 is 56.4. The summed E-state index contributed by atoms with van der Waals surface area (Å²) in [6, 6.07) is 52.3. The average molecular weight is 1140 g/mol. The topological polar surface area (TPSA) is 19.4 Å².